The van der Waals surface area contributed by atoms with E-state index in [0.29, 0.717) is 22.4 Å². The Morgan fingerprint density at radius 3 is 2.80 bits per heavy atom. The molecule has 3 aromatic heterocycles. The van der Waals surface area contributed by atoms with Gasteiger partial charge in [0.15, 0.2) is 0 Å². The number of amides is 1. The number of aryl methyl sites for hydroxylation is 3. The van der Waals surface area contributed by atoms with E-state index in [9.17, 15) is 14.7 Å². The fourth-order valence-electron chi connectivity index (χ4n) is 4.27. The smallest absolute Gasteiger partial charge is 0.305 e. The molecular weight excluding hydrogens is 444 g/mol. The molecule has 1 aromatic carbocycles. The van der Waals surface area contributed by atoms with Gasteiger partial charge in [-0.05, 0) is 61.1 Å². The van der Waals surface area contributed by atoms with Gasteiger partial charge in [0.25, 0.3) is 5.91 Å². The van der Waals surface area contributed by atoms with Crippen LogP contribution >= 0.6 is 0 Å². The van der Waals surface area contributed by atoms with Gasteiger partial charge in [-0.25, -0.2) is 9.97 Å². The number of aromatic amines is 1. The minimum Gasteiger partial charge on any atom is -0.481 e. The summed E-state index contributed by atoms with van der Waals surface area (Å²) in [6.07, 6.45) is 6.67. The van der Waals surface area contributed by atoms with E-state index in [4.69, 9.17) is 4.98 Å². The Kier molecular flexibility index (Phi) is 6.38. The molecule has 0 fully saturated rings. The maximum Gasteiger partial charge on any atom is 0.305 e. The van der Waals surface area contributed by atoms with Crippen LogP contribution < -0.4 is 10.6 Å². The lowest BCUT2D eigenvalue weighted by Gasteiger charge is -2.17. The molecule has 0 saturated carbocycles. The third kappa shape index (κ3) is 5.29. The fraction of sp³-hybridized carbons (Fsp3) is 0.269. The largest absolute Gasteiger partial charge is 0.481 e. The van der Waals surface area contributed by atoms with E-state index >= 15 is 0 Å². The first-order valence-electron chi connectivity index (χ1n) is 11.7. The molecule has 1 atom stereocenters. The molecule has 0 bridgehead atoms. The van der Waals surface area contributed by atoms with Crippen molar-refractivity contribution in [1.29, 1.82) is 0 Å². The molecule has 9 heteroatoms. The van der Waals surface area contributed by atoms with E-state index in [0.717, 1.165) is 49.3 Å². The highest BCUT2D eigenvalue weighted by Crippen LogP contribution is 2.21. The van der Waals surface area contributed by atoms with Crippen molar-refractivity contribution < 1.29 is 14.7 Å². The van der Waals surface area contributed by atoms with Gasteiger partial charge in [-0.1, -0.05) is 18.2 Å². The summed E-state index contributed by atoms with van der Waals surface area (Å²) in [5.74, 6) is -0.456. The van der Waals surface area contributed by atoms with Crippen molar-refractivity contribution in [3.05, 3.63) is 83.1 Å². The molecule has 1 aliphatic heterocycles. The Hall–Kier alpha value is -4.27. The van der Waals surface area contributed by atoms with Crippen LogP contribution in [0.5, 0.6) is 0 Å². The molecule has 5 rings (SSSR count). The normalized spacial score (nSPS) is 13.6. The number of nitrogens with one attached hydrogen (secondary N) is 3. The van der Waals surface area contributed by atoms with Crippen molar-refractivity contribution in [3.63, 3.8) is 0 Å². The van der Waals surface area contributed by atoms with Crippen LogP contribution in [-0.2, 0) is 24.1 Å². The fourth-order valence-corrected chi connectivity index (χ4v) is 4.27. The molecule has 0 aliphatic carbocycles. The van der Waals surface area contributed by atoms with E-state index in [1.807, 2.05) is 18.2 Å². The van der Waals surface area contributed by atoms with Crippen molar-refractivity contribution in [3.8, 4) is 0 Å². The van der Waals surface area contributed by atoms with Crippen LogP contribution in [0.25, 0.3) is 11.0 Å². The molecule has 4 heterocycles. The van der Waals surface area contributed by atoms with Gasteiger partial charge < -0.3 is 20.7 Å². The first kappa shape index (κ1) is 22.5. The van der Waals surface area contributed by atoms with Crippen molar-refractivity contribution in [1.82, 2.24) is 25.3 Å². The summed E-state index contributed by atoms with van der Waals surface area (Å²) in [4.78, 5) is 41.0. The maximum absolute atomic E-state index is 12.9. The average molecular weight is 471 g/mol. The summed E-state index contributed by atoms with van der Waals surface area (Å²) in [5.41, 5.74) is 5.34. The number of carboxylic acid groups (broad SMARTS) is 1. The topological polar surface area (TPSA) is 133 Å². The molecule has 4 aromatic rings. The Morgan fingerprint density at radius 1 is 1.09 bits per heavy atom. The molecular formula is C26H26N6O3. The molecule has 1 amide bonds. The van der Waals surface area contributed by atoms with Crippen molar-refractivity contribution in [2.75, 3.05) is 11.9 Å². The zero-order valence-corrected chi connectivity index (χ0v) is 19.1. The summed E-state index contributed by atoms with van der Waals surface area (Å²) in [6, 6.07) is 12.5. The van der Waals surface area contributed by atoms with Crippen LogP contribution in [0.1, 0.15) is 51.9 Å². The number of para-hydroxylation sites is 2. The Morgan fingerprint density at radius 2 is 1.94 bits per heavy atom. The van der Waals surface area contributed by atoms with Crippen LogP contribution in [-0.4, -0.2) is 43.5 Å². The van der Waals surface area contributed by atoms with Crippen molar-refractivity contribution in [2.45, 2.75) is 38.1 Å². The first-order chi connectivity index (χ1) is 17.0. The third-order valence-electron chi connectivity index (χ3n) is 6.12. The van der Waals surface area contributed by atoms with Crippen LogP contribution in [0.2, 0.25) is 0 Å². The van der Waals surface area contributed by atoms with Crippen LogP contribution in [0.15, 0.2) is 54.9 Å². The van der Waals surface area contributed by atoms with E-state index in [2.05, 4.69) is 37.7 Å². The number of carbonyl (C=O) groups excluding carboxylic acids is 1. The zero-order valence-electron chi connectivity index (χ0n) is 19.1. The number of aromatic nitrogens is 4. The second-order valence-electron chi connectivity index (χ2n) is 8.67. The lowest BCUT2D eigenvalue weighted by atomic mass is 10.1. The van der Waals surface area contributed by atoms with Crippen molar-refractivity contribution >= 4 is 28.7 Å². The number of rotatable bonds is 8. The molecule has 9 nitrogen and oxygen atoms in total. The Bertz CT molecular complexity index is 1380. The van der Waals surface area contributed by atoms with Gasteiger partial charge in [0, 0.05) is 18.4 Å². The molecule has 1 aliphatic rings. The highest BCUT2D eigenvalue weighted by Gasteiger charge is 2.22. The maximum atomic E-state index is 12.9. The lowest BCUT2D eigenvalue weighted by molar-refractivity contribution is -0.137. The Balaban J connectivity index is 1.26. The van der Waals surface area contributed by atoms with Gasteiger partial charge in [0.05, 0.1) is 35.4 Å². The minimum atomic E-state index is -1.04. The number of anilines is 1. The summed E-state index contributed by atoms with van der Waals surface area (Å²) >= 11 is 0. The molecule has 0 radical (unpaired) electrons. The Labute approximate surface area is 202 Å². The minimum absolute atomic E-state index is 0.301. The van der Waals surface area contributed by atoms with E-state index in [1.54, 1.807) is 18.3 Å². The van der Waals surface area contributed by atoms with Gasteiger partial charge in [0.1, 0.15) is 11.5 Å². The summed E-state index contributed by atoms with van der Waals surface area (Å²) in [5, 5.41) is 15.5. The highest BCUT2D eigenvalue weighted by atomic mass is 16.4. The second-order valence-corrected chi connectivity index (χ2v) is 8.67. The van der Waals surface area contributed by atoms with E-state index in [1.165, 1.54) is 11.8 Å². The second kappa shape index (κ2) is 9.92. The standard InChI is InChI=1S/C26H26N6O3/c33-24(34)13-21(23-15-29-19-5-1-2-6-20(19)31-23)32-26(35)22-12-16(14-28-22)7-9-18-10-8-17-4-3-11-27-25(17)30-18/h1-2,5-6,8,10,12,14-15,21,28H,3-4,7,9,11,13H2,(H,27,30)(H,32,35)(H,33,34). The number of benzene rings is 1. The highest BCUT2D eigenvalue weighted by molar-refractivity contribution is 5.93. The number of carboxylic acids is 1. The monoisotopic (exact) mass is 470 g/mol. The number of pyridine rings is 1. The molecule has 1 unspecified atom stereocenters. The average Bonchev–Trinajstić information content (AvgIpc) is 3.36. The first-order valence-corrected chi connectivity index (χ1v) is 11.7. The summed E-state index contributed by atoms with van der Waals surface area (Å²) < 4.78 is 0. The van der Waals surface area contributed by atoms with Crippen LogP contribution in [0.3, 0.4) is 0 Å². The number of carbonyl (C=O) groups is 2. The van der Waals surface area contributed by atoms with Gasteiger partial charge in [-0.3, -0.25) is 14.6 Å². The number of nitrogens with zero attached hydrogens (tertiary/aromatic N) is 3. The zero-order chi connectivity index (χ0) is 24.2. The van der Waals surface area contributed by atoms with Crippen LogP contribution in [0, 0.1) is 0 Å². The van der Waals surface area contributed by atoms with E-state index < -0.39 is 17.9 Å². The number of hydrogen-bond donors (Lipinski definition) is 4. The number of H-pyrrole nitrogens is 1. The number of hydrogen-bond acceptors (Lipinski definition) is 6. The predicted molar refractivity (Wildman–Crippen MR) is 131 cm³/mol. The third-order valence-corrected chi connectivity index (χ3v) is 6.12. The van der Waals surface area contributed by atoms with Gasteiger partial charge in [-0.15, -0.1) is 0 Å². The summed E-state index contributed by atoms with van der Waals surface area (Å²) in [6.45, 7) is 0.952. The van der Waals surface area contributed by atoms with Gasteiger partial charge in [0.2, 0.25) is 0 Å². The van der Waals surface area contributed by atoms with Crippen LogP contribution in [0.4, 0.5) is 5.82 Å². The van der Waals surface area contributed by atoms with E-state index in [-0.39, 0.29) is 6.42 Å². The SMILES string of the molecule is O=C(O)CC(NC(=O)c1cc(CCc2ccc3c(n2)NCCC3)c[nH]1)c1cnc2ccccc2n1. The van der Waals surface area contributed by atoms with Gasteiger partial charge in [-0.2, -0.15) is 0 Å². The number of aliphatic carboxylic acids is 1. The molecule has 178 valence electrons. The molecule has 0 saturated heterocycles. The van der Waals surface area contributed by atoms with Gasteiger partial charge >= 0.3 is 5.97 Å². The molecule has 4 N–H and O–H groups in total. The van der Waals surface area contributed by atoms with Crippen molar-refractivity contribution in [2.24, 2.45) is 0 Å². The molecule has 0 spiro atoms. The quantitative estimate of drug-likeness (QED) is 0.310. The lowest BCUT2D eigenvalue weighted by Crippen LogP contribution is -2.31. The summed E-state index contributed by atoms with van der Waals surface area (Å²) in [7, 11) is 0. The predicted octanol–water partition coefficient (Wildman–Crippen LogP) is 3.44. The number of fused-ring (bicyclic) bond motifs is 2. The molecule has 35 heavy (non-hydrogen) atoms.